The highest BCUT2D eigenvalue weighted by Crippen LogP contribution is 2.25. The lowest BCUT2D eigenvalue weighted by Gasteiger charge is -2.24. The Balaban J connectivity index is 2.18. The van der Waals surface area contributed by atoms with Gasteiger partial charge < -0.3 is 25.2 Å². The van der Waals surface area contributed by atoms with Gasteiger partial charge in [0.25, 0.3) is 0 Å². The Hall–Kier alpha value is -0.200. The van der Waals surface area contributed by atoms with Crippen molar-refractivity contribution in [3.8, 4) is 0 Å². The van der Waals surface area contributed by atoms with E-state index in [0.717, 1.165) is 19.5 Å². The van der Waals surface area contributed by atoms with Crippen molar-refractivity contribution in [3.63, 3.8) is 0 Å². The van der Waals surface area contributed by atoms with Crippen LogP contribution in [0.2, 0.25) is 0 Å². The first-order valence-corrected chi connectivity index (χ1v) is 6.24. The zero-order chi connectivity index (χ0) is 12.9. The van der Waals surface area contributed by atoms with E-state index in [1.54, 1.807) is 13.8 Å². The summed E-state index contributed by atoms with van der Waals surface area (Å²) < 4.78 is 11.5. The third-order valence-corrected chi connectivity index (χ3v) is 2.74. The van der Waals surface area contributed by atoms with Gasteiger partial charge in [0.2, 0.25) is 0 Å². The fourth-order valence-electron chi connectivity index (χ4n) is 1.86. The van der Waals surface area contributed by atoms with Gasteiger partial charge in [0.15, 0.2) is 5.79 Å². The van der Waals surface area contributed by atoms with Crippen LogP contribution in [-0.2, 0) is 9.47 Å². The van der Waals surface area contributed by atoms with Crippen molar-refractivity contribution in [1.29, 1.82) is 0 Å². The number of hydrogen-bond donors (Lipinski definition) is 3. The maximum Gasteiger partial charge on any atom is 0.167 e. The average molecular weight is 246 g/mol. The lowest BCUT2D eigenvalue weighted by Crippen LogP contribution is -2.38. The van der Waals surface area contributed by atoms with Crippen LogP contribution in [0.1, 0.15) is 27.2 Å². The molecule has 2 atom stereocenters. The van der Waals surface area contributed by atoms with Crippen LogP contribution in [-0.4, -0.2) is 55.9 Å². The number of hydrogen-bond acceptors (Lipinski definition) is 5. The van der Waals surface area contributed by atoms with E-state index in [1.807, 2.05) is 14.0 Å². The minimum atomic E-state index is -0.674. The van der Waals surface area contributed by atoms with Crippen LogP contribution in [0.4, 0.5) is 0 Å². The molecule has 1 rings (SSSR count). The zero-order valence-corrected chi connectivity index (χ0v) is 11.4. The van der Waals surface area contributed by atoms with Crippen LogP contribution in [0.5, 0.6) is 0 Å². The minimum absolute atomic E-state index is 0.138. The fourth-order valence-corrected chi connectivity index (χ4v) is 1.86. The number of nitrogens with one attached hydrogen (secondary N) is 2. The maximum atomic E-state index is 9.55. The Kier molecular flexibility index (Phi) is 5.34. The Bertz CT molecular complexity index is 230. The topological polar surface area (TPSA) is 62.8 Å². The molecular weight excluding hydrogens is 220 g/mol. The second-order valence-electron chi connectivity index (χ2n) is 5.48. The molecule has 1 fully saturated rings. The van der Waals surface area contributed by atoms with Gasteiger partial charge in [-0.25, -0.2) is 0 Å². The Morgan fingerprint density at radius 2 is 2.18 bits per heavy atom. The predicted octanol–water partition coefficient (Wildman–Crippen LogP) is 0.0880. The molecule has 2 unspecified atom stereocenters. The smallest absolute Gasteiger partial charge is 0.167 e. The van der Waals surface area contributed by atoms with E-state index in [4.69, 9.17) is 9.47 Å². The molecule has 0 saturated carbocycles. The van der Waals surface area contributed by atoms with E-state index in [2.05, 4.69) is 10.6 Å². The summed E-state index contributed by atoms with van der Waals surface area (Å²) in [6.45, 7) is 8.33. The van der Waals surface area contributed by atoms with Crippen molar-refractivity contribution < 1.29 is 14.6 Å². The summed E-state index contributed by atoms with van der Waals surface area (Å²) in [6.07, 6.45) is 0.919. The molecule has 0 bridgehead atoms. The first-order chi connectivity index (χ1) is 7.85. The first kappa shape index (κ1) is 14.9. The maximum absolute atomic E-state index is 9.55. The summed E-state index contributed by atoms with van der Waals surface area (Å²) in [5.41, 5.74) is -0.674. The molecule has 5 heteroatoms. The summed E-state index contributed by atoms with van der Waals surface area (Å²) >= 11 is 0. The molecule has 1 aliphatic rings. The molecule has 102 valence electrons. The quantitative estimate of drug-likeness (QED) is 0.556. The van der Waals surface area contributed by atoms with E-state index in [-0.39, 0.29) is 6.10 Å². The molecule has 0 aromatic heterocycles. The SMILES string of the molecule is CNCC1COC(C)(CCNCC(C)(C)O)O1. The number of ether oxygens (including phenoxy) is 2. The van der Waals surface area contributed by atoms with Crippen molar-refractivity contribution in [2.75, 3.05) is 33.3 Å². The van der Waals surface area contributed by atoms with Gasteiger partial charge in [-0.2, -0.15) is 0 Å². The van der Waals surface area contributed by atoms with E-state index >= 15 is 0 Å². The molecule has 17 heavy (non-hydrogen) atoms. The molecule has 1 saturated heterocycles. The summed E-state index contributed by atoms with van der Waals surface area (Å²) in [6, 6.07) is 0. The molecule has 5 nitrogen and oxygen atoms in total. The fraction of sp³-hybridized carbons (Fsp3) is 1.00. The number of likely N-dealkylation sites (N-methyl/N-ethyl adjacent to an activating group) is 1. The number of aliphatic hydroxyl groups is 1. The van der Waals surface area contributed by atoms with E-state index < -0.39 is 11.4 Å². The molecule has 0 aromatic rings. The van der Waals surface area contributed by atoms with Gasteiger partial charge in [-0.1, -0.05) is 0 Å². The Morgan fingerprint density at radius 1 is 1.47 bits per heavy atom. The van der Waals surface area contributed by atoms with E-state index in [1.165, 1.54) is 0 Å². The van der Waals surface area contributed by atoms with Gasteiger partial charge in [0.1, 0.15) is 0 Å². The normalized spacial score (nSPS) is 29.8. The van der Waals surface area contributed by atoms with Crippen LogP contribution in [0, 0.1) is 0 Å². The molecular formula is C12H26N2O3. The van der Waals surface area contributed by atoms with Gasteiger partial charge in [0, 0.05) is 26.1 Å². The molecule has 0 spiro atoms. The first-order valence-electron chi connectivity index (χ1n) is 6.24. The number of rotatable bonds is 7. The summed E-state index contributed by atoms with van der Waals surface area (Å²) in [5, 5.41) is 15.8. The summed E-state index contributed by atoms with van der Waals surface area (Å²) in [5.74, 6) is -0.492. The molecule has 1 aliphatic heterocycles. The average Bonchev–Trinajstić information content (AvgIpc) is 2.55. The monoisotopic (exact) mass is 246 g/mol. The Morgan fingerprint density at radius 3 is 2.76 bits per heavy atom. The van der Waals surface area contributed by atoms with Crippen molar-refractivity contribution in [2.45, 2.75) is 44.7 Å². The van der Waals surface area contributed by atoms with Gasteiger partial charge in [-0.05, 0) is 27.8 Å². The van der Waals surface area contributed by atoms with Crippen molar-refractivity contribution in [2.24, 2.45) is 0 Å². The molecule has 3 N–H and O–H groups in total. The van der Waals surface area contributed by atoms with Gasteiger partial charge in [-0.3, -0.25) is 0 Å². The highest BCUT2D eigenvalue weighted by molar-refractivity contribution is 4.77. The van der Waals surface area contributed by atoms with Gasteiger partial charge >= 0.3 is 0 Å². The van der Waals surface area contributed by atoms with Crippen LogP contribution in [0.15, 0.2) is 0 Å². The van der Waals surface area contributed by atoms with Crippen LogP contribution in [0.25, 0.3) is 0 Å². The summed E-state index contributed by atoms with van der Waals surface area (Å²) in [4.78, 5) is 0. The second kappa shape index (κ2) is 6.11. The second-order valence-corrected chi connectivity index (χ2v) is 5.48. The zero-order valence-electron chi connectivity index (χ0n) is 11.4. The molecule has 0 aromatic carbocycles. The van der Waals surface area contributed by atoms with Gasteiger partial charge in [-0.15, -0.1) is 0 Å². The van der Waals surface area contributed by atoms with Crippen LogP contribution in [0.3, 0.4) is 0 Å². The standard InChI is InChI=1S/C12H26N2O3/c1-11(2,15)9-14-6-5-12(3)16-8-10(17-12)7-13-4/h10,13-15H,5-9H2,1-4H3. The van der Waals surface area contributed by atoms with Crippen molar-refractivity contribution in [1.82, 2.24) is 10.6 Å². The third-order valence-electron chi connectivity index (χ3n) is 2.74. The lowest BCUT2D eigenvalue weighted by molar-refractivity contribution is -0.156. The highest BCUT2D eigenvalue weighted by Gasteiger charge is 2.36. The largest absolute Gasteiger partial charge is 0.389 e. The lowest BCUT2D eigenvalue weighted by atomic mass is 10.1. The van der Waals surface area contributed by atoms with Gasteiger partial charge in [0.05, 0.1) is 18.3 Å². The Labute approximate surface area is 104 Å². The minimum Gasteiger partial charge on any atom is -0.389 e. The highest BCUT2D eigenvalue weighted by atomic mass is 16.7. The summed E-state index contributed by atoms with van der Waals surface area (Å²) in [7, 11) is 1.91. The van der Waals surface area contributed by atoms with Crippen molar-refractivity contribution in [3.05, 3.63) is 0 Å². The molecule has 0 aliphatic carbocycles. The van der Waals surface area contributed by atoms with E-state index in [0.29, 0.717) is 13.2 Å². The molecule has 0 amide bonds. The van der Waals surface area contributed by atoms with Crippen molar-refractivity contribution >= 4 is 0 Å². The predicted molar refractivity (Wildman–Crippen MR) is 66.9 cm³/mol. The third kappa shape index (κ3) is 5.79. The van der Waals surface area contributed by atoms with Crippen LogP contribution < -0.4 is 10.6 Å². The van der Waals surface area contributed by atoms with Crippen LogP contribution >= 0.6 is 0 Å². The molecule has 1 heterocycles. The van der Waals surface area contributed by atoms with E-state index in [9.17, 15) is 5.11 Å². The molecule has 0 radical (unpaired) electrons.